The Kier molecular flexibility index (Phi) is 6.91. The van der Waals surface area contributed by atoms with Crippen LogP contribution in [0.25, 0.3) is 6.08 Å². The molecule has 0 bridgehead atoms. The third-order valence-electron chi connectivity index (χ3n) is 3.65. The quantitative estimate of drug-likeness (QED) is 0.299. The molecule has 1 aromatic heterocycles. The first-order chi connectivity index (χ1) is 12.5. The Balaban J connectivity index is 1.98. The number of hydrogen-bond donors (Lipinski definition) is 0. The van der Waals surface area contributed by atoms with Gasteiger partial charge in [0.05, 0.1) is 20.1 Å². The van der Waals surface area contributed by atoms with Gasteiger partial charge in [-0.1, -0.05) is 12.1 Å². The summed E-state index contributed by atoms with van der Waals surface area (Å²) in [7, 11) is 1.62. The Bertz CT molecular complexity index is 802. The van der Waals surface area contributed by atoms with Crippen molar-refractivity contribution in [1.29, 1.82) is 0 Å². The maximum Gasteiger partial charge on any atom is 0.375 e. The molecule has 0 fully saturated rings. The minimum Gasteiger partial charge on any atom is -0.497 e. The highest BCUT2D eigenvalue weighted by molar-refractivity contribution is 6.37. The number of hydrogen-bond acceptors (Lipinski definition) is 5. The maximum atomic E-state index is 11.9. The van der Waals surface area contributed by atoms with Gasteiger partial charge in [-0.25, -0.2) is 4.79 Å². The summed E-state index contributed by atoms with van der Waals surface area (Å²) < 4.78 is 11.7. The smallest absolute Gasteiger partial charge is 0.375 e. The zero-order valence-corrected chi connectivity index (χ0v) is 14.8. The molecule has 0 radical (unpaired) electrons. The number of benzene rings is 1. The van der Waals surface area contributed by atoms with Crippen molar-refractivity contribution in [2.24, 2.45) is 0 Å². The molecule has 2 rings (SSSR count). The van der Waals surface area contributed by atoms with Gasteiger partial charge in [-0.3, -0.25) is 9.59 Å². The predicted octanol–water partition coefficient (Wildman–Crippen LogP) is 2.65. The Morgan fingerprint density at radius 1 is 1.12 bits per heavy atom. The number of allylic oxidation sites excluding steroid dienone is 1. The van der Waals surface area contributed by atoms with Gasteiger partial charge >= 0.3 is 5.97 Å². The van der Waals surface area contributed by atoms with E-state index in [1.54, 1.807) is 20.1 Å². The Morgan fingerprint density at radius 2 is 1.85 bits per heavy atom. The fraction of sp³-hybridized carbons (Fsp3) is 0.250. The predicted molar refractivity (Wildman–Crippen MR) is 96.8 cm³/mol. The zero-order valence-electron chi connectivity index (χ0n) is 14.8. The van der Waals surface area contributed by atoms with E-state index in [9.17, 15) is 14.4 Å². The van der Waals surface area contributed by atoms with E-state index in [0.29, 0.717) is 6.54 Å². The first-order valence-corrected chi connectivity index (χ1v) is 8.22. The summed E-state index contributed by atoms with van der Waals surface area (Å²) in [6.45, 7) is 2.34. The largest absolute Gasteiger partial charge is 0.497 e. The van der Waals surface area contributed by atoms with Crippen LogP contribution < -0.4 is 4.74 Å². The van der Waals surface area contributed by atoms with Gasteiger partial charge < -0.3 is 14.0 Å². The van der Waals surface area contributed by atoms with Crippen molar-refractivity contribution in [3.63, 3.8) is 0 Å². The van der Waals surface area contributed by atoms with Gasteiger partial charge in [-0.05, 0) is 48.9 Å². The summed E-state index contributed by atoms with van der Waals surface area (Å²) >= 11 is 0. The Hall–Kier alpha value is -3.15. The van der Waals surface area contributed by atoms with E-state index in [2.05, 4.69) is 4.74 Å². The van der Waals surface area contributed by atoms with Crippen molar-refractivity contribution >= 4 is 23.6 Å². The lowest BCUT2D eigenvalue weighted by Gasteiger charge is -2.07. The molecule has 0 saturated carbocycles. The van der Waals surface area contributed by atoms with Crippen molar-refractivity contribution in [2.75, 3.05) is 13.7 Å². The summed E-state index contributed by atoms with van der Waals surface area (Å²) in [5, 5.41) is 0. The third-order valence-corrected chi connectivity index (χ3v) is 3.65. The van der Waals surface area contributed by atoms with E-state index < -0.39 is 24.0 Å². The monoisotopic (exact) mass is 355 g/mol. The van der Waals surface area contributed by atoms with Crippen molar-refractivity contribution in [1.82, 2.24) is 4.57 Å². The van der Waals surface area contributed by atoms with Crippen LogP contribution >= 0.6 is 0 Å². The summed E-state index contributed by atoms with van der Waals surface area (Å²) in [5.41, 5.74) is 1.90. The maximum absolute atomic E-state index is 11.9. The zero-order chi connectivity index (χ0) is 18.9. The summed E-state index contributed by atoms with van der Waals surface area (Å²) in [6.07, 6.45) is 4.34. The van der Waals surface area contributed by atoms with E-state index in [1.165, 1.54) is 6.08 Å². The van der Waals surface area contributed by atoms with Crippen LogP contribution in [0, 0.1) is 0 Å². The van der Waals surface area contributed by atoms with E-state index >= 15 is 0 Å². The number of carbonyl (C=O) groups excluding carboxylic acids is 3. The Labute approximate surface area is 152 Å². The van der Waals surface area contributed by atoms with E-state index in [0.717, 1.165) is 17.0 Å². The van der Waals surface area contributed by atoms with Gasteiger partial charge in [-0.2, -0.15) is 0 Å². The van der Waals surface area contributed by atoms with Crippen molar-refractivity contribution in [3.05, 3.63) is 59.9 Å². The molecular weight excluding hydrogens is 334 g/mol. The summed E-state index contributed by atoms with van der Waals surface area (Å²) in [4.78, 5) is 34.6. The van der Waals surface area contributed by atoms with Crippen molar-refractivity contribution in [2.45, 2.75) is 19.9 Å². The number of carbonyl (C=O) groups is 3. The fourth-order valence-electron chi connectivity index (χ4n) is 2.33. The molecule has 0 spiro atoms. The average molecular weight is 355 g/mol. The van der Waals surface area contributed by atoms with Crippen LogP contribution in [0.3, 0.4) is 0 Å². The average Bonchev–Trinajstić information content (AvgIpc) is 3.07. The number of Topliss-reactive ketones (excluding diaryl/α,β-unsaturated/α-hetero) is 1. The molecule has 0 aliphatic heterocycles. The topological polar surface area (TPSA) is 74.6 Å². The number of esters is 1. The van der Waals surface area contributed by atoms with Crippen molar-refractivity contribution < 1.29 is 23.9 Å². The van der Waals surface area contributed by atoms with Gasteiger partial charge in [0.1, 0.15) is 5.75 Å². The van der Waals surface area contributed by atoms with E-state index in [1.807, 2.05) is 47.2 Å². The molecular formula is C20H21NO5. The highest BCUT2D eigenvalue weighted by Gasteiger charge is 2.17. The molecule has 0 N–H and O–H groups in total. The van der Waals surface area contributed by atoms with Crippen LogP contribution in [0.15, 0.2) is 48.7 Å². The summed E-state index contributed by atoms with van der Waals surface area (Å²) in [5.74, 6) is -1.47. The van der Waals surface area contributed by atoms with E-state index in [-0.39, 0.29) is 6.61 Å². The lowest BCUT2D eigenvalue weighted by atomic mass is 10.2. The highest BCUT2D eigenvalue weighted by Crippen LogP contribution is 2.14. The highest BCUT2D eigenvalue weighted by atomic mass is 16.5. The fourth-order valence-corrected chi connectivity index (χ4v) is 2.33. The van der Waals surface area contributed by atoms with Crippen LogP contribution in [-0.4, -0.2) is 35.8 Å². The van der Waals surface area contributed by atoms with Gasteiger partial charge in [0.25, 0.3) is 0 Å². The van der Waals surface area contributed by atoms with Crippen LogP contribution in [0.5, 0.6) is 5.75 Å². The second kappa shape index (κ2) is 9.36. The third kappa shape index (κ3) is 5.44. The number of methoxy groups -OCH3 is 1. The molecule has 6 nitrogen and oxygen atoms in total. The van der Waals surface area contributed by atoms with Gasteiger partial charge in [0, 0.05) is 18.4 Å². The molecule has 6 heteroatoms. The minimum atomic E-state index is -0.975. The number of ketones is 2. The van der Waals surface area contributed by atoms with Crippen LogP contribution in [-0.2, 0) is 25.7 Å². The first kappa shape index (κ1) is 19.2. The molecule has 0 aliphatic carbocycles. The number of rotatable bonds is 9. The molecule has 2 aromatic rings. The van der Waals surface area contributed by atoms with Crippen LogP contribution in [0.4, 0.5) is 0 Å². The molecule has 26 heavy (non-hydrogen) atoms. The second-order valence-corrected chi connectivity index (χ2v) is 5.53. The number of aromatic nitrogens is 1. The molecule has 136 valence electrons. The molecule has 0 amide bonds. The normalized spacial score (nSPS) is 10.7. The molecule has 0 aliphatic rings. The second-order valence-electron chi connectivity index (χ2n) is 5.53. The lowest BCUT2D eigenvalue weighted by molar-refractivity contribution is -0.154. The van der Waals surface area contributed by atoms with E-state index in [4.69, 9.17) is 4.74 Å². The van der Waals surface area contributed by atoms with Crippen LogP contribution in [0.1, 0.15) is 24.6 Å². The van der Waals surface area contributed by atoms with Crippen molar-refractivity contribution in [3.8, 4) is 5.75 Å². The van der Waals surface area contributed by atoms with Crippen LogP contribution in [0.2, 0.25) is 0 Å². The lowest BCUT2D eigenvalue weighted by Crippen LogP contribution is -2.19. The number of nitrogens with zero attached hydrogens (tertiary/aromatic N) is 1. The number of ether oxygens (including phenoxy) is 2. The molecule has 0 unspecified atom stereocenters. The molecule has 1 aromatic carbocycles. The van der Waals surface area contributed by atoms with Gasteiger partial charge in [0.15, 0.2) is 5.78 Å². The molecule has 0 atom stereocenters. The molecule has 1 heterocycles. The Morgan fingerprint density at radius 3 is 2.50 bits per heavy atom. The standard InChI is InChI=1S/C20H21NO5/c1-3-26-20(24)19(23)13-17(22)9-8-16-5-4-12-21(16)14-15-6-10-18(25-2)11-7-15/h4-12H,3,13-14H2,1-2H3/b9-8+. The molecule has 0 saturated heterocycles. The van der Waals surface area contributed by atoms with Gasteiger partial charge in [0.2, 0.25) is 5.78 Å². The minimum absolute atomic E-state index is 0.105. The van der Waals surface area contributed by atoms with Gasteiger partial charge in [-0.15, -0.1) is 0 Å². The first-order valence-electron chi connectivity index (χ1n) is 8.22. The SMILES string of the molecule is CCOC(=O)C(=O)CC(=O)/C=C/c1cccn1Cc1ccc(OC)cc1. The summed E-state index contributed by atoms with van der Waals surface area (Å²) in [6, 6.07) is 11.4.